The topological polar surface area (TPSA) is 115 Å². The Morgan fingerprint density at radius 1 is 1.00 bits per heavy atom. The van der Waals surface area contributed by atoms with Crippen LogP contribution in [-0.4, -0.2) is 40.2 Å². The summed E-state index contributed by atoms with van der Waals surface area (Å²) in [5, 5.41) is 10.3. The van der Waals surface area contributed by atoms with E-state index in [1.165, 1.54) is 0 Å². The highest BCUT2D eigenvalue weighted by atomic mass is 16.5. The molecule has 0 aliphatic carbocycles. The van der Waals surface area contributed by atoms with E-state index in [9.17, 15) is 14.4 Å². The van der Waals surface area contributed by atoms with Gasteiger partial charge in [-0.25, -0.2) is 4.98 Å². The first kappa shape index (κ1) is 21.7. The minimum atomic E-state index is -0.582. The van der Waals surface area contributed by atoms with Crippen molar-refractivity contribution in [3.05, 3.63) is 88.5 Å². The number of rotatable bonds is 6. The zero-order valence-electron chi connectivity index (χ0n) is 18.0. The van der Waals surface area contributed by atoms with Gasteiger partial charge in [-0.1, -0.05) is 24.3 Å². The number of ether oxygens (including phenoxy) is 1. The number of methoxy groups -OCH3 is 1. The molecular formula is C24H21N5O4. The Kier molecular flexibility index (Phi) is 6.12. The van der Waals surface area contributed by atoms with Crippen LogP contribution in [0.5, 0.6) is 5.75 Å². The molecule has 0 spiro atoms. The lowest BCUT2D eigenvalue weighted by Crippen LogP contribution is -2.35. The second kappa shape index (κ2) is 9.31. The van der Waals surface area contributed by atoms with Gasteiger partial charge in [0, 0.05) is 11.6 Å². The molecular weight excluding hydrogens is 422 g/mol. The van der Waals surface area contributed by atoms with Crippen molar-refractivity contribution in [2.75, 3.05) is 19.0 Å². The molecule has 0 aliphatic rings. The first-order valence-electron chi connectivity index (χ1n) is 10.1. The van der Waals surface area contributed by atoms with Crippen molar-refractivity contribution in [1.29, 1.82) is 0 Å². The molecule has 0 fully saturated rings. The maximum Gasteiger partial charge on any atom is 0.279 e. The van der Waals surface area contributed by atoms with Crippen LogP contribution in [0.3, 0.4) is 0 Å². The average Bonchev–Trinajstić information content (AvgIpc) is 2.84. The van der Waals surface area contributed by atoms with Crippen LogP contribution in [0.15, 0.2) is 71.7 Å². The summed E-state index contributed by atoms with van der Waals surface area (Å²) in [5.74, 6) is 0.0346. The van der Waals surface area contributed by atoms with Gasteiger partial charge in [0.2, 0.25) is 5.91 Å². The molecule has 2 heterocycles. The summed E-state index contributed by atoms with van der Waals surface area (Å²) in [6, 6.07) is 17.0. The van der Waals surface area contributed by atoms with E-state index in [0.29, 0.717) is 28.0 Å². The molecule has 2 aromatic heterocycles. The number of hydrogen-bond acceptors (Lipinski definition) is 6. The third-order valence-electron chi connectivity index (χ3n) is 5.01. The Balaban J connectivity index is 1.62. The first-order valence-corrected chi connectivity index (χ1v) is 10.1. The summed E-state index contributed by atoms with van der Waals surface area (Å²) in [4.78, 5) is 42.4. The van der Waals surface area contributed by atoms with Crippen molar-refractivity contribution < 1.29 is 14.3 Å². The Morgan fingerprint density at radius 2 is 1.73 bits per heavy atom. The van der Waals surface area contributed by atoms with E-state index in [-0.39, 0.29) is 17.8 Å². The van der Waals surface area contributed by atoms with Crippen LogP contribution in [0.1, 0.15) is 16.1 Å². The van der Waals surface area contributed by atoms with E-state index in [1.807, 2.05) is 13.0 Å². The Bertz CT molecular complexity index is 1400. The molecule has 9 nitrogen and oxygen atoms in total. The van der Waals surface area contributed by atoms with Crippen LogP contribution >= 0.6 is 0 Å². The predicted octanol–water partition coefficient (Wildman–Crippen LogP) is 2.47. The van der Waals surface area contributed by atoms with Crippen LogP contribution in [-0.2, 0) is 4.79 Å². The third kappa shape index (κ3) is 4.57. The SMILES string of the molecule is COc1ccc(-n2nc(C(=O)NCC(=O)Nc3ncccc3C)c3ccccc3c2=O)cc1. The quantitative estimate of drug-likeness (QED) is 0.473. The zero-order chi connectivity index (χ0) is 23.4. The number of nitrogens with zero attached hydrogens (tertiary/aromatic N) is 3. The van der Waals surface area contributed by atoms with E-state index in [0.717, 1.165) is 10.2 Å². The van der Waals surface area contributed by atoms with E-state index >= 15 is 0 Å². The summed E-state index contributed by atoms with van der Waals surface area (Å²) < 4.78 is 6.32. The minimum absolute atomic E-state index is 0.0304. The molecule has 2 aromatic carbocycles. The molecule has 4 aromatic rings. The van der Waals surface area contributed by atoms with Crippen molar-refractivity contribution >= 4 is 28.4 Å². The Labute approximate surface area is 189 Å². The molecule has 4 rings (SSSR count). The number of pyridine rings is 1. The van der Waals surface area contributed by atoms with Gasteiger partial charge in [-0.2, -0.15) is 9.78 Å². The van der Waals surface area contributed by atoms with Crippen LogP contribution in [0, 0.1) is 6.92 Å². The highest BCUT2D eigenvalue weighted by molar-refractivity contribution is 6.06. The van der Waals surface area contributed by atoms with Gasteiger partial charge in [0.05, 0.1) is 24.7 Å². The van der Waals surface area contributed by atoms with Crippen molar-refractivity contribution in [1.82, 2.24) is 20.1 Å². The molecule has 0 unspecified atom stereocenters. The number of amides is 2. The lowest BCUT2D eigenvalue weighted by Gasteiger charge is -2.12. The summed E-state index contributed by atoms with van der Waals surface area (Å²) in [7, 11) is 1.54. The number of aryl methyl sites for hydroxylation is 1. The molecule has 33 heavy (non-hydrogen) atoms. The second-order valence-electron chi connectivity index (χ2n) is 7.21. The molecule has 0 atom stereocenters. The number of aromatic nitrogens is 3. The van der Waals surface area contributed by atoms with Crippen molar-refractivity contribution in [2.24, 2.45) is 0 Å². The van der Waals surface area contributed by atoms with E-state index in [2.05, 4.69) is 20.7 Å². The van der Waals surface area contributed by atoms with Crippen LogP contribution < -0.4 is 20.9 Å². The molecule has 166 valence electrons. The van der Waals surface area contributed by atoms with Crippen LogP contribution in [0.25, 0.3) is 16.5 Å². The monoisotopic (exact) mass is 443 g/mol. The minimum Gasteiger partial charge on any atom is -0.497 e. The zero-order valence-corrected chi connectivity index (χ0v) is 18.0. The number of carbonyl (C=O) groups excluding carboxylic acids is 2. The van der Waals surface area contributed by atoms with Crippen LogP contribution in [0.2, 0.25) is 0 Å². The van der Waals surface area contributed by atoms with Gasteiger partial charge in [-0.05, 0) is 48.9 Å². The summed E-state index contributed by atoms with van der Waals surface area (Å²) in [6.45, 7) is 1.53. The van der Waals surface area contributed by atoms with Crippen LogP contribution in [0.4, 0.5) is 5.82 Å². The lowest BCUT2D eigenvalue weighted by molar-refractivity contribution is -0.115. The largest absolute Gasteiger partial charge is 0.497 e. The van der Waals surface area contributed by atoms with Gasteiger partial charge in [-0.15, -0.1) is 0 Å². The number of nitrogens with one attached hydrogen (secondary N) is 2. The molecule has 0 aliphatic heterocycles. The van der Waals surface area contributed by atoms with E-state index < -0.39 is 11.8 Å². The number of hydrogen-bond donors (Lipinski definition) is 2. The number of anilines is 1. The van der Waals surface area contributed by atoms with Crippen molar-refractivity contribution in [3.8, 4) is 11.4 Å². The molecule has 2 N–H and O–H groups in total. The fourth-order valence-electron chi connectivity index (χ4n) is 3.29. The summed E-state index contributed by atoms with van der Waals surface area (Å²) >= 11 is 0. The van der Waals surface area contributed by atoms with E-state index in [1.54, 1.807) is 67.9 Å². The van der Waals surface area contributed by atoms with Crippen molar-refractivity contribution in [3.63, 3.8) is 0 Å². The van der Waals surface area contributed by atoms with E-state index in [4.69, 9.17) is 4.74 Å². The van der Waals surface area contributed by atoms with Gasteiger partial charge in [0.1, 0.15) is 11.6 Å². The fourth-order valence-corrected chi connectivity index (χ4v) is 3.29. The fraction of sp³-hybridized carbons (Fsp3) is 0.125. The summed E-state index contributed by atoms with van der Waals surface area (Å²) in [5.41, 5.74) is 0.943. The Morgan fingerprint density at radius 3 is 2.42 bits per heavy atom. The maximum absolute atomic E-state index is 13.0. The molecule has 9 heteroatoms. The van der Waals surface area contributed by atoms with Gasteiger partial charge in [0.15, 0.2) is 5.69 Å². The average molecular weight is 443 g/mol. The normalized spacial score (nSPS) is 10.6. The summed E-state index contributed by atoms with van der Waals surface area (Å²) in [6.07, 6.45) is 1.57. The third-order valence-corrected chi connectivity index (χ3v) is 5.01. The number of fused-ring (bicyclic) bond motifs is 1. The standard InChI is InChI=1S/C24H21N5O4/c1-15-6-5-13-25-22(15)27-20(30)14-26-23(31)21-18-7-3-4-8-19(18)24(32)29(28-21)16-9-11-17(33-2)12-10-16/h3-13H,14H2,1-2H3,(H,26,31)(H,25,27,30). The number of benzene rings is 2. The number of carbonyl (C=O) groups is 2. The molecule has 0 radical (unpaired) electrons. The van der Waals surface area contributed by atoms with Crippen molar-refractivity contribution in [2.45, 2.75) is 6.92 Å². The lowest BCUT2D eigenvalue weighted by atomic mass is 10.1. The Hall–Kier alpha value is -4.53. The highest BCUT2D eigenvalue weighted by Gasteiger charge is 2.18. The molecule has 0 bridgehead atoms. The van der Waals surface area contributed by atoms with Gasteiger partial charge >= 0.3 is 0 Å². The highest BCUT2D eigenvalue weighted by Crippen LogP contribution is 2.17. The second-order valence-corrected chi connectivity index (χ2v) is 7.21. The first-order chi connectivity index (χ1) is 16.0. The van der Waals surface area contributed by atoms with Gasteiger partial charge in [0.25, 0.3) is 11.5 Å². The predicted molar refractivity (Wildman–Crippen MR) is 124 cm³/mol. The molecule has 0 saturated heterocycles. The van der Waals surface area contributed by atoms with Gasteiger partial charge in [-0.3, -0.25) is 14.4 Å². The molecule has 2 amide bonds. The maximum atomic E-state index is 13.0. The van der Waals surface area contributed by atoms with Gasteiger partial charge < -0.3 is 15.4 Å². The smallest absolute Gasteiger partial charge is 0.279 e. The molecule has 0 saturated carbocycles.